The molecule has 1 aliphatic carbocycles. The van der Waals surface area contributed by atoms with E-state index in [0.717, 1.165) is 61.1 Å². The van der Waals surface area contributed by atoms with Gasteiger partial charge in [0.2, 0.25) is 5.82 Å². The summed E-state index contributed by atoms with van der Waals surface area (Å²) in [7, 11) is 1.93. The van der Waals surface area contributed by atoms with E-state index in [4.69, 9.17) is 4.42 Å². The molecule has 0 unspecified atom stereocenters. The lowest BCUT2D eigenvalue weighted by molar-refractivity contribution is -0.137. The number of oxazole rings is 1. The van der Waals surface area contributed by atoms with Gasteiger partial charge in [0.05, 0.1) is 11.3 Å². The van der Waals surface area contributed by atoms with E-state index in [1.807, 2.05) is 18.5 Å². The van der Waals surface area contributed by atoms with E-state index in [9.17, 15) is 13.2 Å². The molecule has 6 nitrogen and oxygen atoms in total. The van der Waals surface area contributed by atoms with Crippen molar-refractivity contribution in [2.24, 2.45) is 18.9 Å². The summed E-state index contributed by atoms with van der Waals surface area (Å²) in [6, 6.07) is 5.83. The maximum Gasteiger partial charge on any atom is 0.416 e. The predicted molar refractivity (Wildman–Crippen MR) is 131 cm³/mol. The van der Waals surface area contributed by atoms with Crippen molar-refractivity contribution in [1.29, 1.82) is 0 Å². The summed E-state index contributed by atoms with van der Waals surface area (Å²) in [6.07, 6.45) is 0.409. The van der Waals surface area contributed by atoms with Crippen molar-refractivity contribution in [2.75, 3.05) is 25.4 Å². The number of nitrogens with zero attached hydrogens (tertiary/aromatic N) is 5. The number of rotatable bonds is 7. The monoisotopic (exact) mass is 527 g/mol. The third-order valence-corrected chi connectivity index (χ3v) is 8.34. The Morgan fingerprint density at radius 1 is 1.11 bits per heavy atom. The highest BCUT2D eigenvalue weighted by Gasteiger charge is 2.43. The number of halogens is 4. The standard InChI is InChI=1S/C24H28F3N5OS.ClH/c1-15-21(33-14-28-15)22-29-30-23(31(22)2)34-11-3-10-32-12-17-6-9-19(20(17)13-32)16-4-7-18(8-5-16)24(25,26)27;/h4-5,7-8,14,17,19-20H,3,6,9-13H2,1-2H3;1H/t17-,19+,20+;/m1./s1. The minimum absolute atomic E-state index is 0. The molecule has 190 valence electrons. The van der Waals surface area contributed by atoms with E-state index in [0.29, 0.717) is 29.3 Å². The molecule has 3 aromatic rings. The second-order valence-electron chi connectivity index (χ2n) is 9.32. The van der Waals surface area contributed by atoms with Crippen LogP contribution >= 0.6 is 24.2 Å². The summed E-state index contributed by atoms with van der Waals surface area (Å²) in [4.78, 5) is 6.64. The van der Waals surface area contributed by atoms with Crippen LogP contribution in [0.4, 0.5) is 13.2 Å². The Morgan fingerprint density at radius 2 is 1.89 bits per heavy atom. The summed E-state index contributed by atoms with van der Waals surface area (Å²) in [5, 5.41) is 9.41. The number of aryl methyl sites for hydroxylation is 1. The second-order valence-corrected chi connectivity index (χ2v) is 10.4. The first kappa shape index (κ1) is 26.0. The highest BCUT2D eigenvalue weighted by Crippen LogP contribution is 2.47. The van der Waals surface area contributed by atoms with Crippen molar-refractivity contribution < 1.29 is 17.6 Å². The van der Waals surface area contributed by atoms with Gasteiger partial charge in [-0.25, -0.2) is 4.98 Å². The molecule has 2 aromatic heterocycles. The molecule has 3 atom stereocenters. The van der Waals surface area contributed by atoms with Gasteiger partial charge < -0.3 is 13.9 Å². The van der Waals surface area contributed by atoms with Crippen LogP contribution in [0.25, 0.3) is 11.6 Å². The lowest BCUT2D eigenvalue weighted by Crippen LogP contribution is -2.24. The van der Waals surface area contributed by atoms with Gasteiger partial charge in [0, 0.05) is 25.9 Å². The van der Waals surface area contributed by atoms with Crippen LogP contribution in [0.1, 0.15) is 42.0 Å². The van der Waals surface area contributed by atoms with E-state index in [1.165, 1.54) is 18.5 Å². The number of likely N-dealkylation sites (tertiary alicyclic amines) is 1. The van der Waals surface area contributed by atoms with Crippen molar-refractivity contribution in [2.45, 2.75) is 43.4 Å². The van der Waals surface area contributed by atoms with Gasteiger partial charge in [-0.15, -0.1) is 22.6 Å². The van der Waals surface area contributed by atoms with Gasteiger partial charge in [-0.2, -0.15) is 13.2 Å². The predicted octanol–water partition coefficient (Wildman–Crippen LogP) is 5.83. The molecule has 0 amide bonds. The summed E-state index contributed by atoms with van der Waals surface area (Å²) < 4.78 is 46.1. The summed E-state index contributed by atoms with van der Waals surface area (Å²) in [5.74, 6) is 3.81. The van der Waals surface area contributed by atoms with E-state index in [2.05, 4.69) is 20.1 Å². The number of hydrogen-bond acceptors (Lipinski definition) is 6. The van der Waals surface area contributed by atoms with Crippen molar-refractivity contribution in [1.82, 2.24) is 24.6 Å². The third-order valence-electron chi connectivity index (χ3n) is 7.23. The molecule has 0 bridgehead atoms. The molecule has 35 heavy (non-hydrogen) atoms. The summed E-state index contributed by atoms with van der Waals surface area (Å²) in [6.45, 7) is 5.02. The molecule has 0 radical (unpaired) electrons. The van der Waals surface area contributed by atoms with Crippen LogP contribution < -0.4 is 0 Å². The quantitative estimate of drug-likeness (QED) is 0.285. The van der Waals surface area contributed by atoms with Crippen molar-refractivity contribution in [3.05, 3.63) is 47.5 Å². The van der Waals surface area contributed by atoms with E-state index in [1.54, 1.807) is 23.9 Å². The van der Waals surface area contributed by atoms with Gasteiger partial charge in [-0.05, 0) is 68.2 Å². The molecule has 0 spiro atoms. The maximum atomic E-state index is 12.9. The van der Waals surface area contributed by atoms with Gasteiger partial charge in [0.15, 0.2) is 17.3 Å². The molecule has 0 N–H and O–H groups in total. The Balaban J connectivity index is 0.00000289. The van der Waals surface area contributed by atoms with E-state index >= 15 is 0 Å². The first-order valence-electron chi connectivity index (χ1n) is 11.6. The molecule has 1 saturated heterocycles. The van der Waals surface area contributed by atoms with Crippen molar-refractivity contribution in [3.63, 3.8) is 0 Å². The Labute approximate surface area is 213 Å². The lowest BCUT2D eigenvalue weighted by atomic mass is 9.86. The zero-order valence-corrected chi connectivity index (χ0v) is 21.3. The Morgan fingerprint density at radius 3 is 2.57 bits per heavy atom. The van der Waals surface area contributed by atoms with Gasteiger partial charge in [-0.3, -0.25) is 0 Å². The lowest BCUT2D eigenvalue weighted by Gasteiger charge is -2.21. The van der Waals surface area contributed by atoms with Crippen LogP contribution in [0.2, 0.25) is 0 Å². The molecule has 2 fully saturated rings. The topological polar surface area (TPSA) is 60.0 Å². The van der Waals surface area contributed by atoms with Crippen molar-refractivity contribution >= 4 is 24.2 Å². The van der Waals surface area contributed by atoms with Crippen LogP contribution in [-0.2, 0) is 13.2 Å². The smallest absolute Gasteiger partial charge is 0.416 e. The average molecular weight is 528 g/mol. The molecule has 5 rings (SSSR count). The Hall–Kier alpha value is -2.04. The fourth-order valence-corrected chi connectivity index (χ4v) is 6.31. The molecular weight excluding hydrogens is 499 g/mol. The molecule has 1 aliphatic heterocycles. The van der Waals surface area contributed by atoms with Crippen LogP contribution in [0.5, 0.6) is 0 Å². The highest BCUT2D eigenvalue weighted by atomic mass is 35.5. The van der Waals surface area contributed by atoms with Gasteiger partial charge >= 0.3 is 6.18 Å². The first-order chi connectivity index (χ1) is 16.3. The fraction of sp³-hybridized carbons (Fsp3) is 0.542. The summed E-state index contributed by atoms with van der Waals surface area (Å²) >= 11 is 1.69. The number of fused-ring (bicyclic) bond motifs is 1. The summed E-state index contributed by atoms with van der Waals surface area (Å²) in [5.41, 5.74) is 1.28. The van der Waals surface area contributed by atoms with Crippen LogP contribution in [0.3, 0.4) is 0 Å². The Kier molecular flexibility index (Phi) is 7.83. The van der Waals surface area contributed by atoms with Crippen LogP contribution in [0, 0.1) is 18.8 Å². The minimum Gasteiger partial charge on any atom is -0.440 e. The largest absolute Gasteiger partial charge is 0.440 e. The number of thioether (sulfide) groups is 1. The second kappa shape index (κ2) is 10.5. The number of aromatic nitrogens is 4. The van der Waals surface area contributed by atoms with Crippen LogP contribution in [0.15, 0.2) is 40.2 Å². The fourth-order valence-electron chi connectivity index (χ4n) is 5.48. The molecule has 1 aromatic carbocycles. The number of alkyl halides is 3. The third kappa shape index (κ3) is 5.39. The normalized spacial score (nSPS) is 22.4. The van der Waals surface area contributed by atoms with Gasteiger partial charge in [0.1, 0.15) is 0 Å². The van der Waals surface area contributed by atoms with Gasteiger partial charge in [0.25, 0.3) is 0 Å². The number of benzene rings is 1. The van der Waals surface area contributed by atoms with E-state index in [-0.39, 0.29) is 12.4 Å². The SMILES string of the molecule is Cc1ncoc1-c1nnc(SCCCN2C[C@H]3CC[C@@H](c4ccc(C(F)(F)F)cc4)[C@H]3C2)n1C.Cl. The maximum absolute atomic E-state index is 12.9. The molecule has 3 heterocycles. The molecule has 1 saturated carbocycles. The molecule has 11 heteroatoms. The molecular formula is C24H29ClF3N5OS. The zero-order chi connectivity index (χ0) is 23.9. The molecule has 2 aliphatic rings. The first-order valence-corrected chi connectivity index (χ1v) is 12.6. The minimum atomic E-state index is -4.28. The van der Waals surface area contributed by atoms with Crippen LogP contribution in [-0.4, -0.2) is 50.0 Å². The highest BCUT2D eigenvalue weighted by molar-refractivity contribution is 7.99. The van der Waals surface area contributed by atoms with Crippen molar-refractivity contribution in [3.8, 4) is 11.6 Å². The number of hydrogen-bond donors (Lipinski definition) is 0. The van der Waals surface area contributed by atoms with Gasteiger partial charge in [-0.1, -0.05) is 23.9 Å². The average Bonchev–Trinajstić information content (AvgIpc) is 3.56. The van der Waals surface area contributed by atoms with E-state index < -0.39 is 11.7 Å². The zero-order valence-electron chi connectivity index (χ0n) is 19.7. The Bertz CT molecular complexity index is 1130.